The number of amidine groups is 1. The van der Waals surface area contributed by atoms with Gasteiger partial charge in [-0.2, -0.15) is 0 Å². The van der Waals surface area contributed by atoms with Crippen LogP contribution in [-0.2, 0) is 9.53 Å². The van der Waals surface area contributed by atoms with E-state index >= 15 is 0 Å². The van der Waals surface area contributed by atoms with Crippen LogP contribution in [0.3, 0.4) is 0 Å². The number of anilines is 2. The maximum Gasteiger partial charge on any atom is 0.377 e. The van der Waals surface area contributed by atoms with Crippen molar-refractivity contribution < 1.29 is 44.3 Å². The Kier molecular flexibility index (Phi) is 11.2. The second-order valence-corrected chi connectivity index (χ2v) is 9.75. The summed E-state index contributed by atoms with van der Waals surface area (Å²) in [5, 5.41) is 49.0. The molecule has 0 spiro atoms. The van der Waals surface area contributed by atoms with Crippen LogP contribution < -0.4 is 15.4 Å². The minimum absolute atomic E-state index is 0.209. The van der Waals surface area contributed by atoms with Crippen LogP contribution >= 0.6 is 11.6 Å². The summed E-state index contributed by atoms with van der Waals surface area (Å²) in [4.78, 5) is 41.9. The van der Waals surface area contributed by atoms with Crippen LogP contribution in [0.1, 0.15) is 26.3 Å². The molecule has 1 aromatic heterocycles. The Hall–Kier alpha value is -5.18. The standard InChI is InChI=1S/C23H22ClN5O3.C6H8O6/c1-29(2)21(25)14-4-6-15(7-5-14)22(30)27-19-10-9-17(32-3)12-18(19)23(31)28-20-11-8-16(24)13-26-20;7-1-2(8)5-3(9)4(10)6(11)12-5/h4-13,25H,1-3H3,(H,27,30)(H,26,28,31);2,5,7-10H,1H2/t;2-,5+/m.0/s1. The second-order valence-electron chi connectivity index (χ2n) is 9.31. The Morgan fingerprint density at radius 3 is 2.25 bits per heavy atom. The number of aliphatic hydroxyl groups excluding tert-OH is 4. The Bertz CT molecular complexity index is 1560. The molecule has 3 aromatic rings. The molecular weight excluding hydrogens is 598 g/mol. The summed E-state index contributed by atoms with van der Waals surface area (Å²) < 4.78 is 9.54. The zero-order valence-electron chi connectivity index (χ0n) is 23.7. The maximum atomic E-state index is 12.9. The fraction of sp³-hybridized carbons (Fsp3) is 0.207. The lowest BCUT2D eigenvalue weighted by Gasteiger charge is -2.15. The summed E-state index contributed by atoms with van der Waals surface area (Å²) in [5.74, 6) is -2.52. The number of methoxy groups -OCH3 is 1. The minimum atomic E-state index is -1.42. The van der Waals surface area contributed by atoms with Crippen molar-refractivity contribution in [3.05, 3.63) is 94.0 Å². The summed E-state index contributed by atoms with van der Waals surface area (Å²) in [6.07, 6.45) is -1.36. The van der Waals surface area contributed by atoms with Gasteiger partial charge in [-0.25, -0.2) is 9.78 Å². The van der Waals surface area contributed by atoms with Gasteiger partial charge >= 0.3 is 5.97 Å². The van der Waals surface area contributed by atoms with Crippen LogP contribution in [0.2, 0.25) is 5.02 Å². The molecule has 0 unspecified atom stereocenters. The van der Waals surface area contributed by atoms with Crippen molar-refractivity contribution in [1.82, 2.24) is 9.88 Å². The van der Waals surface area contributed by atoms with Crippen molar-refractivity contribution in [2.24, 2.45) is 0 Å². The second kappa shape index (κ2) is 14.8. The van der Waals surface area contributed by atoms with Crippen molar-refractivity contribution in [3.63, 3.8) is 0 Å². The van der Waals surface area contributed by atoms with Gasteiger partial charge in [-0.1, -0.05) is 23.7 Å². The molecule has 44 heavy (non-hydrogen) atoms. The molecule has 0 fully saturated rings. The zero-order chi connectivity index (χ0) is 32.6. The van der Waals surface area contributed by atoms with E-state index in [4.69, 9.17) is 42.2 Å². The van der Waals surface area contributed by atoms with E-state index in [-0.39, 0.29) is 5.56 Å². The van der Waals surface area contributed by atoms with Crippen LogP contribution in [-0.4, -0.2) is 93.9 Å². The molecule has 2 heterocycles. The van der Waals surface area contributed by atoms with Gasteiger partial charge < -0.3 is 45.4 Å². The van der Waals surface area contributed by atoms with Gasteiger partial charge in [0.05, 0.1) is 30.0 Å². The first kappa shape index (κ1) is 33.3. The van der Waals surface area contributed by atoms with Gasteiger partial charge in [0.15, 0.2) is 11.9 Å². The number of aromatic nitrogens is 1. The van der Waals surface area contributed by atoms with Crippen LogP contribution in [0.15, 0.2) is 72.3 Å². The monoisotopic (exact) mass is 627 g/mol. The van der Waals surface area contributed by atoms with Crippen LogP contribution in [0.25, 0.3) is 0 Å². The number of hydrogen-bond donors (Lipinski definition) is 7. The lowest BCUT2D eigenvalue weighted by atomic mass is 10.1. The average molecular weight is 628 g/mol. The van der Waals surface area contributed by atoms with E-state index in [0.717, 1.165) is 0 Å². The Morgan fingerprint density at radius 2 is 1.73 bits per heavy atom. The number of carbonyl (C=O) groups is 3. The highest BCUT2D eigenvalue weighted by Crippen LogP contribution is 2.24. The van der Waals surface area contributed by atoms with E-state index in [1.165, 1.54) is 19.4 Å². The van der Waals surface area contributed by atoms with Crippen LogP contribution in [0.5, 0.6) is 5.75 Å². The van der Waals surface area contributed by atoms with Crippen molar-refractivity contribution in [2.45, 2.75) is 12.2 Å². The molecule has 7 N–H and O–H groups in total. The van der Waals surface area contributed by atoms with Gasteiger partial charge in [0.2, 0.25) is 5.76 Å². The first-order chi connectivity index (χ1) is 20.9. The fourth-order valence-corrected chi connectivity index (χ4v) is 3.75. The predicted molar refractivity (Wildman–Crippen MR) is 160 cm³/mol. The van der Waals surface area contributed by atoms with Gasteiger partial charge in [-0.3, -0.25) is 15.0 Å². The molecular formula is C29H30ClN5O9. The molecule has 4 rings (SSSR count). The molecule has 2 atom stereocenters. The van der Waals surface area contributed by atoms with Crippen LogP contribution in [0, 0.1) is 5.41 Å². The van der Waals surface area contributed by atoms with Gasteiger partial charge in [0.25, 0.3) is 11.8 Å². The van der Waals surface area contributed by atoms with Gasteiger partial charge in [-0.15, -0.1) is 0 Å². The molecule has 2 aromatic carbocycles. The number of rotatable bonds is 8. The van der Waals surface area contributed by atoms with E-state index in [1.54, 1.807) is 67.5 Å². The number of esters is 1. The summed E-state index contributed by atoms with van der Waals surface area (Å²) in [5.41, 5.74) is 1.60. The van der Waals surface area contributed by atoms with Crippen LogP contribution in [0.4, 0.5) is 11.5 Å². The van der Waals surface area contributed by atoms with Gasteiger partial charge in [0.1, 0.15) is 23.5 Å². The van der Waals surface area contributed by atoms with Crippen molar-refractivity contribution in [3.8, 4) is 5.75 Å². The smallest absolute Gasteiger partial charge is 0.377 e. The first-order valence-electron chi connectivity index (χ1n) is 12.8. The molecule has 14 nitrogen and oxygen atoms in total. The Morgan fingerprint density at radius 1 is 1.07 bits per heavy atom. The van der Waals surface area contributed by atoms with Gasteiger partial charge in [-0.05, 0) is 42.5 Å². The number of nitrogens with zero attached hydrogens (tertiary/aromatic N) is 2. The first-order valence-corrected chi connectivity index (χ1v) is 13.1. The number of pyridine rings is 1. The average Bonchev–Trinajstić information content (AvgIpc) is 3.28. The molecule has 15 heteroatoms. The van der Waals surface area contributed by atoms with Crippen molar-refractivity contribution >= 4 is 46.7 Å². The van der Waals surface area contributed by atoms with E-state index in [1.807, 2.05) is 0 Å². The molecule has 1 aliphatic heterocycles. The number of carbonyl (C=O) groups excluding carboxylic acids is 3. The van der Waals surface area contributed by atoms with E-state index in [2.05, 4.69) is 20.4 Å². The SMILES string of the molecule is COc1ccc(NC(=O)c2ccc(C(=N)N(C)C)cc2)c(C(=O)Nc2ccc(Cl)cn2)c1.O=C1O[C@H]([C@@H](O)CO)C(O)=C1O. The Labute approximate surface area is 256 Å². The normalized spacial score (nSPS) is 14.5. The number of benzene rings is 2. The number of amides is 2. The highest BCUT2D eigenvalue weighted by molar-refractivity contribution is 6.30. The fourth-order valence-electron chi connectivity index (χ4n) is 3.64. The topological polar surface area (TPSA) is 215 Å². The highest BCUT2D eigenvalue weighted by Gasteiger charge is 2.38. The predicted octanol–water partition coefficient (Wildman–Crippen LogP) is 2.73. The van der Waals surface area contributed by atoms with Crippen molar-refractivity contribution in [2.75, 3.05) is 38.4 Å². The molecule has 1 aliphatic rings. The number of aliphatic hydroxyl groups is 4. The molecule has 0 aliphatic carbocycles. The molecule has 232 valence electrons. The molecule has 0 radical (unpaired) electrons. The third kappa shape index (κ3) is 8.22. The lowest BCUT2D eigenvalue weighted by Crippen LogP contribution is -2.31. The number of nitrogens with one attached hydrogen (secondary N) is 3. The third-order valence-corrected chi connectivity index (χ3v) is 6.26. The molecule has 0 saturated carbocycles. The van der Waals surface area contributed by atoms with E-state index in [9.17, 15) is 14.4 Å². The quantitative estimate of drug-likeness (QED) is 0.109. The molecule has 0 saturated heterocycles. The largest absolute Gasteiger partial charge is 0.505 e. The van der Waals surface area contributed by atoms with E-state index < -0.39 is 48.1 Å². The number of cyclic esters (lactones) is 1. The molecule has 0 bridgehead atoms. The maximum absolute atomic E-state index is 12.9. The Balaban J connectivity index is 0.000000369. The summed E-state index contributed by atoms with van der Waals surface area (Å²) >= 11 is 5.83. The minimum Gasteiger partial charge on any atom is -0.505 e. The lowest BCUT2D eigenvalue weighted by molar-refractivity contribution is -0.147. The summed E-state index contributed by atoms with van der Waals surface area (Å²) in [6, 6.07) is 14.6. The number of halogens is 1. The summed E-state index contributed by atoms with van der Waals surface area (Å²) in [7, 11) is 5.04. The van der Waals surface area contributed by atoms with Crippen molar-refractivity contribution in [1.29, 1.82) is 5.41 Å². The zero-order valence-corrected chi connectivity index (χ0v) is 24.5. The highest BCUT2D eigenvalue weighted by atomic mass is 35.5. The number of ether oxygens (including phenoxy) is 2. The molecule has 2 amide bonds. The summed E-state index contributed by atoms with van der Waals surface area (Å²) in [6.45, 7) is -0.671. The van der Waals surface area contributed by atoms with E-state index in [0.29, 0.717) is 39.2 Å². The number of hydrogen-bond acceptors (Lipinski definition) is 11. The van der Waals surface area contributed by atoms with Gasteiger partial charge in [0, 0.05) is 31.4 Å². The third-order valence-electron chi connectivity index (χ3n) is 6.03.